The van der Waals surface area contributed by atoms with E-state index in [1.807, 2.05) is 31.2 Å². The molecule has 3 N–H and O–H groups in total. The Kier molecular flexibility index (Phi) is 4.15. The van der Waals surface area contributed by atoms with Crippen molar-refractivity contribution in [1.29, 1.82) is 0 Å². The number of anilines is 1. The first-order valence-electron chi connectivity index (χ1n) is 7.45. The molecule has 1 aliphatic rings. The number of nitrogens with two attached hydrogens (primary N) is 1. The predicted octanol–water partition coefficient (Wildman–Crippen LogP) is 2.52. The topological polar surface area (TPSA) is 89.3 Å². The van der Waals surface area contributed by atoms with Gasteiger partial charge < -0.3 is 5.32 Å². The highest BCUT2D eigenvalue weighted by molar-refractivity contribution is 7.89. The summed E-state index contributed by atoms with van der Waals surface area (Å²) in [7, 11) is -4.04. The van der Waals surface area contributed by atoms with Crippen LogP contribution in [-0.2, 0) is 14.8 Å². The molecule has 0 saturated heterocycles. The summed E-state index contributed by atoms with van der Waals surface area (Å²) in [6.45, 7) is 1.99. The van der Waals surface area contributed by atoms with Crippen molar-refractivity contribution in [2.24, 2.45) is 11.1 Å². The molecule has 2 aromatic rings. The van der Waals surface area contributed by atoms with Crippen LogP contribution in [0.25, 0.3) is 0 Å². The van der Waals surface area contributed by atoms with Crippen LogP contribution in [0.4, 0.5) is 10.1 Å². The lowest BCUT2D eigenvalue weighted by Crippen LogP contribution is -2.17. The number of carbonyl (C=O) groups is 1. The van der Waals surface area contributed by atoms with E-state index in [-0.39, 0.29) is 28.3 Å². The largest absolute Gasteiger partial charge is 0.326 e. The number of benzene rings is 2. The Labute approximate surface area is 139 Å². The Morgan fingerprint density at radius 1 is 1.25 bits per heavy atom. The molecule has 0 aliphatic heterocycles. The van der Waals surface area contributed by atoms with E-state index in [1.54, 1.807) is 0 Å². The molecule has 0 spiro atoms. The van der Waals surface area contributed by atoms with Gasteiger partial charge in [-0.1, -0.05) is 29.8 Å². The lowest BCUT2D eigenvalue weighted by Gasteiger charge is -2.07. The number of sulfonamides is 1. The molecular weight excluding hydrogens is 331 g/mol. The number of primary sulfonamides is 1. The molecule has 126 valence electrons. The van der Waals surface area contributed by atoms with Crippen LogP contribution in [0.15, 0.2) is 47.4 Å². The van der Waals surface area contributed by atoms with Gasteiger partial charge in [-0.2, -0.15) is 0 Å². The van der Waals surface area contributed by atoms with Crippen molar-refractivity contribution in [3.63, 3.8) is 0 Å². The molecule has 1 amide bonds. The zero-order chi connectivity index (χ0) is 17.5. The molecule has 0 aromatic heterocycles. The number of carbonyl (C=O) groups excluding carboxylic acids is 1. The third-order valence-electron chi connectivity index (χ3n) is 4.06. The summed E-state index contributed by atoms with van der Waals surface area (Å²) in [5.41, 5.74) is 2.31. The summed E-state index contributed by atoms with van der Waals surface area (Å²) in [6, 6.07) is 11.0. The number of amides is 1. The normalized spacial score (nSPS) is 19.8. The van der Waals surface area contributed by atoms with E-state index in [1.165, 1.54) is 0 Å². The van der Waals surface area contributed by atoms with Gasteiger partial charge in [0, 0.05) is 11.6 Å². The van der Waals surface area contributed by atoms with Crippen molar-refractivity contribution in [2.45, 2.75) is 24.2 Å². The zero-order valence-corrected chi connectivity index (χ0v) is 13.8. The van der Waals surface area contributed by atoms with Crippen molar-refractivity contribution < 1.29 is 17.6 Å². The molecule has 24 heavy (non-hydrogen) atoms. The minimum Gasteiger partial charge on any atom is -0.326 e. The Balaban J connectivity index is 1.74. The number of aryl methyl sites for hydroxylation is 1. The average molecular weight is 348 g/mol. The third-order valence-corrected chi connectivity index (χ3v) is 4.96. The Bertz CT molecular complexity index is 912. The fourth-order valence-electron chi connectivity index (χ4n) is 2.79. The van der Waals surface area contributed by atoms with Gasteiger partial charge in [-0.25, -0.2) is 17.9 Å². The van der Waals surface area contributed by atoms with Crippen molar-refractivity contribution in [1.82, 2.24) is 0 Å². The molecule has 2 atom stereocenters. The number of halogens is 1. The fourth-order valence-corrected chi connectivity index (χ4v) is 3.36. The average Bonchev–Trinajstić information content (AvgIpc) is 3.26. The first-order chi connectivity index (χ1) is 11.2. The van der Waals surface area contributed by atoms with Gasteiger partial charge in [-0.3, -0.25) is 4.79 Å². The molecule has 0 heterocycles. The number of hydrogen-bond acceptors (Lipinski definition) is 3. The zero-order valence-electron chi connectivity index (χ0n) is 13.0. The first-order valence-corrected chi connectivity index (χ1v) is 8.99. The molecule has 1 fully saturated rings. The van der Waals surface area contributed by atoms with Crippen LogP contribution in [0.1, 0.15) is 23.5 Å². The van der Waals surface area contributed by atoms with Gasteiger partial charge in [-0.05, 0) is 43.0 Å². The summed E-state index contributed by atoms with van der Waals surface area (Å²) < 4.78 is 36.2. The van der Waals surface area contributed by atoms with Crippen molar-refractivity contribution in [3.8, 4) is 0 Å². The highest BCUT2D eigenvalue weighted by Gasteiger charge is 2.43. The predicted molar refractivity (Wildman–Crippen MR) is 88.4 cm³/mol. The number of nitrogens with one attached hydrogen (secondary N) is 1. The van der Waals surface area contributed by atoms with Gasteiger partial charge in [0.05, 0.1) is 4.90 Å². The monoisotopic (exact) mass is 348 g/mol. The van der Waals surface area contributed by atoms with Crippen LogP contribution < -0.4 is 10.5 Å². The maximum absolute atomic E-state index is 13.5. The van der Waals surface area contributed by atoms with E-state index < -0.39 is 15.8 Å². The van der Waals surface area contributed by atoms with Gasteiger partial charge in [0.1, 0.15) is 5.82 Å². The summed E-state index contributed by atoms with van der Waals surface area (Å²) in [4.78, 5) is 11.9. The van der Waals surface area contributed by atoms with Crippen molar-refractivity contribution in [2.75, 3.05) is 5.32 Å². The van der Waals surface area contributed by atoms with Crippen LogP contribution in [0.3, 0.4) is 0 Å². The fraction of sp³-hybridized carbons (Fsp3) is 0.235. The Morgan fingerprint density at radius 3 is 2.67 bits per heavy atom. The summed E-state index contributed by atoms with van der Waals surface area (Å²) >= 11 is 0. The number of hydrogen-bond donors (Lipinski definition) is 2. The standard InChI is InChI=1S/C17H17FN2O3S/c1-10-3-2-4-11(5-10)15-9-16(15)17(21)20-13-6-12(18)7-14(8-13)24(19,22)23/h2-8,15-16H,9H2,1H3,(H,20,21)(H2,19,22,23)/t15-,16-/m1/s1. The van der Waals surface area contributed by atoms with Crippen molar-refractivity contribution >= 4 is 21.6 Å². The van der Waals surface area contributed by atoms with Crippen LogP contribution in [-0.4, -0.2) is 14.3 Å². The molecule has 0 unspecified atom stereocenters. The van der Waals surface area contributed by atoms with E-state index in [4.69, 9.17) is 5.14 Å². The first kappa shape index (κ1) is 16.6. The Hall–Kier alpha value is -2.25. The maximum atomic E-state index is 13.5. The third kappa shape index (κ3) is 3.63. The highest BCUT2D eigenvalue weighted by Crippen LogP contribution is 2.48. The Morgan fingerprint density at radius 2 is 2.00 bits per heavy atom. The van der Waals surface area contributed by atoms with Crippen molar-refractivity contribution in [3.05, 3.63) is 59.4 Å². The van der Waals surface area contributed by atoms with Crippen LogP contribution in [0.2, 0.25) is 0 Å². The quantitative estimate of drug-likeness (QED) is 0.890. The van der Waals surface area contributed by atoms with Crippen LogP contribution in [0, 0.1) is 18.7 Å². The lowest BCUT2D eigenvalue weighted by atomic mass is 10.1. The van der Waals surface area contributed by atoms with Gasteiger partial charge in [0.15, 0.2) is 0 Å². The van der Waals surface area contributed by atoms with Gasteiger partial charge in [-0.15, -0.1) is 0 Å². The molecule has 1 aliphatic carbocycles. The molecule has 3 rings (SSSR count). The van der Waals surface area contributed by atoms with E-state index in [2.05, 4.69) is 5.32 Å². The minimum atomic E-state index is -4.04. The minimum absolute atomic E-state index is 0.0823. The van der Waals surface area contributed by atoms with E-state index in [9.17, 15) is 17.6 Å². The molecule has 1 saturated carbocycles. The molecular formula is C17H17FN2O3S. The van der Waals surface area contributed by atoms with Crippen LogP contribution in [0.5, 0.6) is 0 Å². The highest BCUT2D eigenvalue weighted by atomic mass is 32.2. The molecule has 0 bridgehead atoms. The SMILES string of the molecule is Cc1cccc([C@H]2C[C@H]2C(=O)Nc2cc(F)cc(S(N)(=O)=O)c2)c1. The molecule has 0 radical (unpaired) electrons. The van der Waals surface area contributed by atoms with Gasteiger partial charge in [0.25, 0.3) is 0 Å². The second-order valence-corrected chi connectivity index (χ2v) is 7.63. The summed E-state index contributed by atoms with van der Waals surface area (Å²) in [6.07, 6.45) is 0.715. The van der Waals surface area contributed by atoms with Crippen LogP contribution >= 0.6 is 0 Å². The van der Waals surface area contributed by atoms with E-state index in [0.717, 1.165) is 29.3 Å². The number of rotatable bonds is 4. The van der Waals surface area contributed by atoms with E-state index in [0.29, 0.717) is 6.42 Å². The van der Waals surface area contributed by atoms with Gasteiger partial charge >= 0.3 is 0 Å². The lowest BCUT2D eigenvalue weighted by molar-refractivity contribution is -0.117. The molecule has 2 aromatic carbocycles. The second kappa shape index (κ2) is 5.99. The molecule has 7 heteroatoms. The maximum Gasteiger partial charge on any atom is 0.238 e. The second-order valence-electron chi connectivity index (χ2n) is 6.07. The summed E-state index contributed by atoms with van der Waals surface area (Å²) in [5, 5.41) is 7.58. The summed E-state index contributed by atoms with van der Waals surface area (Å²) in [5.74, 6) is -1.10. The van der Waals surface area contributed by atoms with E-state index >= 15 is 0 Å². The smallest absolute Gasteiger partial charge is 0.238 e. The molecule has 5 nitrogen and oxygen atoms in total. The van der Waals surface area contributed by atoms with Gasteiger partial charge in [0.2, 0.25) is 15.9 Å².